The molecular formula is C17H15ClN2O2S2. The fraction of sp³-hybridized carbons (Fsp3) is 0.118. The van der Waals surface area contributed by atoms with Gasteiger partial charge in [0.1, 0.15) is 0 Å². The molecule has 0 bridgehead atoms. The molecule has 1 heterocycles. The molecule has 0 saturated heterocycles. The van der Waals surface area contributed by atoms with Crippen LogP contribution in [0.1, 0.15) is 16.5 Å². The van der Waals surface area contributed by atoms with Gasteiger partial charge < -0.3 is 0 Å². The van der Waals surface area contributed by atoms with E-state index in [1.807, 2.05) is 30.3 Å². The summed E-state index contributed by atoms with van der Waals surface area (Å²) in [6, 6.07) is 16.5. The summed E-state index contributed by atoms with van der Waals surface area (Å²) >= 11 is 7.66. The molecule has 0 radical (unpaired) electrons. The molecule has 1 aromatic heterocycles. The number of halogens is 1. The Balaban J connectivity index is 1.71. The van der Waals surface area contributed by atoms with Crippen LogP contribution in [0.5, 0.6) is 0 Å². The van der Waals surface area contributed by atoms with Crippen molar-refractivity contribution in [3.63, 3.8) is 0 Å². The lowest BCUT2D eigenvalue weighted by Gasteiger charge is -2.11. The highest BCUT2D eigenvalue weighted by Gasteiger charge is 2.16. The van der Waals surface area contributed by atoms with Crippen LogP contribution in [-0.2, 0) is 16.4 Å². The lowest BCUT2D eigenvalue weighted by atomic mass is 10.0. The van der Waals surface area contributed by atoms with Crippen LogP contribution < -0.4 is 4.72 Å². The maximum Gasteiger partial charge on any atom is 0.263 e. The Labute approximate surface area is 150 Å². The van der Waals surface area contributed by atoms with E-state index in [9.17, 15) is 8.42 Å². The molecule has 0 amide bonds. The number of anilines is 1. The molecule has 0 saturated carbocycles. The lowest BCUT2D eigenvalue weighted by molar-refractivity contribution is 0.601. The first-order valence-electron chi connectivity index (χ1n) is 7.25. The van der Waals surface area contributed by atoms with Gasteiger partial charge >= 0.3 is 0 Å². The van der Waals surface area contributed by atoms with Crippen molar-refractivity contribution in [3.05, 3.63) is 77.3 Å². The van der Waals surface area contributed by atoms with Crippen molar-refractivity contribution in [1.82, 2.24) is 4.98 Å². The average molecular weight is 379 g/mol. The Kier molecular flexibility index (Phi) is 5.18. The Hall–Kier alpha value is -1.89. The third kappa shape index (κ3) is 4.14. The van der Waals surface area contributed by atoms with Gasteiger partial charge in [0.2, 0.25) is 0 Å². The van der Waals surface area contributed by atoms with Crippen LogP contribution in [0.2, 0.25) is 0 Å². The van der Waals surface area contributed by atoms with Crippen molar-refractivity contribution in [2.75, 3.05) is 4.72 Å². The molecule has 0 fully saturated rings. The maximum absolute atomic E-state index is 12.3. The summed E-state index contributed by atoms with van der Waals surface area (Å²) in [4.78, 5) is 4.13. The van der Waals surface area contributed by atoms with Gasteiger partial charge in [-0.25, -0.2) is 13.4 Å². The van der Waals surface area contributed by atoms with E-state index in [2.05, 4.69) is 9.71 Å². The van der Waals surface area contributed by atoms with E-state index in [0.717, 1.165) is 11.1 Å². The summed E-state index contributed by atoms with van der Waals surface area (Å²) in [5.74, 6) is 0. The van der Waals surface area contributed by atoms with Crippen molar-refractivity contribution >= 4 is 38.1 Å². The van der Waals surface area contributed by atoms with E-state index in [-0.39, 0.29) is 10.3 Å². The Morgan fingerprint density at radius 3 is 2.42 bits per heavy atom. The molecule has 3 rings (SSSR count). The smallest absolute Gasteiger partial charge is 0.255 e. The van der Waals surface area contributed by atoms with Gasteiger partial charge in [-0.3, -0.25) is 4.72 Å². The molecule has 4 nitrogen and oxygen atoms in total. The SMILES string of the molecule is O=S(=O)(Nc1nccs1)c1ccc(CC(Cl)c2ccccc2)cc1. The number of thiazole rings is 1. The van der Waals surface area contributed by atoms with Gasteiger partial charge in [-0.1, -0.05) is 42.5 Å². The normalized spacial score (nSPS) is 12.7. The molecule has 7 heteroatoms. The number of nitrogens with zero attached hydrogens (tertiary/aromatic N) is 1. The zero-order chi connectivity index (χ0) is 17.0. The van der Waals surface area contributed by atoms with Crippen LogP contribution >= 0.6 is 22.9 Å². The number of sulfonamides is 1. The van der Waals surface area contributed by atoms with E-state index in [1.54, 1.807) is 35.8 Å². The van der Waals surface area contributed by atoms with Crippen molar-refractivity contribution in [2.45, 2.75) is 16.7 Å². The van der Waals surface area contributed by atoms with E-state index in [4.69, 9.17) is 11.6 Å². The Bertz CT molecular complexity index is 880. The molecule has 3 aromatic rings. The first-order valence-corrected chi connectivity index (χ1v) is 10.0. The molecule has 124 valence electrons. The molecule has 2 aromatic carbocycles. The third-order valence-corrected chi connectivity index (χ3v) is 6.04. The molecule has 1 unspecified atom stereocenters. The number of benzene rings is 2. The second kappa shape index (κ2) is 7.34. The highest BCUT2D eigenvalue weighted by molar-refractivity contribution is 7.93. The number of rotatable bonds is 6. The van der Waals surface area contributed by atoms with Crippen LogP contribution in [0.25, 0.3) is 0 Å². The number of nitrogens with one attached hydrogen (secondary N) is 1. The summed E-state index contributed by atoms with van der Waals surface area (Å²) < 4.78 is 27.0. The first-order chi connectivity index (χ1) is 11.5. The van der Waals surface area contributed by atoms with Gasteiger partial charge in [-0.2, -0.15) is 0 Å². The van der Waals surface area contributed by atoms with Crippen molar-refractivity contribution in [1.29, 1.82) is 0 Å². The monoisotopic (exact) mass is 378 g/mol. The fourth-order valence-corrected chi connectivity index (χ4v) is 4.35. The van der Waals surface area contributed by atoms with Crippen LogP contribution in [0, 0.1) is 0 Å². The van der Waals surface area contributed by atoms with E-state index in [0.29, 0.717) is 11.6 Å². The lowest BCUT2D eigenvalue weighted by Crippen LogP contribution is -2.12. The summed E-state index contributed by atoms with van der Waals surface area (Å²) in [5.41, 5.74) is 2.02. The predicted molar refractivity (Wildman–Crippen MR) is 98.1 cm³/mol. The predicted octanol–water partition coefficient (Wildman–Crippen LogP) is 4.47. The number of alkyl halides is 1. The minimum absolute atomic E-state index is 0.151. The topological polar surface area (TPSA) is 59.1 Å². The molecule has 1 atom stereocenters. The largest absolute Gasteiger partial charge is 0.263 e. The molecule has 0 aliphatic heterocycles. The Morgan fingerprint density at radius 1 is 1.08 bits per heavy atom. The molecule has 24 heavy (non-hydrogen) atoms. The minimum atomic E-state index is -3.62. The minimum Gasteiger partial charge on any atom is -0.255 e. The zero-order valence-electron chi connectivity index (χ0n) is 12.6. The highest BCUT2D eigenvalue weighted by Crippen LogP contribution is 2.25. The number of aromatic nitrogens is 1. The van der Waals surface area contributed by atoms with Gasteiger partial charge in [0.15, 0.2) is 5.13 Å². The number of hydrogen-bond donors (Lipinski definition) is 1. The van der Waals surface area contributed by atoms with Crippen LogP contribution in [0.15, 0.2) is 71.1 Å². The highest BCUT2D eigenvalue weighted by atomic mass is 35.5. The standard InChI is InChI=1S/C17H15ClN2O2S2/c18-16(14-4-2-1-3-5-14)12-13-6-8-15(9-7-13)24(21,22)20-17-19-10-11-23-17/h1-11,16H,12H2,(H,19,20). The van der Waals surface area contributed by atoms with E-state index < -0.39 is 10.0 Å². The molecule has 0 aliphatic carbocycles. The van der Waals surface area contributed by atoms with Crippen LogP contribution in [-0.4, -0.2) is 13.4 Å². The molecular weight excluding hydrogens is 364 g/mol. The third-order valence-electron chi connectivity index (χ3n) is 3.46. The van der Waals surface area contributed by atoms with Gasteiger partial charge in [-0.15, -0.1) is 22.9 Å². The maximum atomic E-state index is 12.3. The molecule has 1 N–H and O–H groups in total. The quantitative estimate of drug-likeness (QED) is 0.644. The summed E-state index contributed by atoms with van der Waals surface area (Å²) in [5, 5.41) is 1.91. The fourth-order valence-electron chi connectivity index (χ4n) is 2.24. The van der Waals surface area contributed by atoms with E-state index >= 15 is 0 Å². The van der Waals surface area contributed by atoms with Gasteiger partial charge in [0, 0.05) is 11.6 Å². The van der Waals surface area contributed by atoms with Crippen molar-refractivity contribution in [3.8, 4) is 0 Å². The van der Waals surface area contributed by atoms with Crippen LogP contribution in [0.4, 0.5) is 5.13 Å². The second-order valence-corrected chi connectivity index (χ2v) is 8.27. The summed E-state index contributed by atoms with van der Waals surface area (Å²) in [7, 11) is -3.62. The average Bonchev–Trinajstić information content (AvgIpc) is 3.08. The van der Waals surface area contributed by atoms with E-state index in [1.165, 1.54) is 11.3 Å². The van der Waals surface area contributed by atoms with Crippen LogP contribution in [0.3, 0.4) is 0 Å². The zero-order valence-corrected chi connectivity index (χ0v) is 15.0. The van der Waals surface area contributed by atoms with Gasteiger partial charge in [0.25, 0.3) is 10.0 Å². The first kappa shape index (κ1) is 17.0. The van der Waals surface area contributed by atoms with Crippen molar-refractivity contribution < 1.29 is 8.42 Å². The second-order valence-electron chi connectivity index (χ2n) is 5.17. The number of hydrogen-bond acceptors (Lipinski definition) is 4. The summed E-state index contributed by atoms with van der Waals surface area (Å²) in [6.45, 7) is 0. The molecule has 0 spiro atoms. The van der Waals surface area contributed by atoms with Gasteiger partial charge in [-0.05, 0) is 29.7 Å². The molecule has 0 aliphatic rings. The Morgan fingerprint density at radius 2 is 1.79 bits per heavy atom. The van der Waals surface area contributed by atoms with Gasteiger partial charge in [0.05, 0.1) is 10.3 Å². The summed E-state index contributed by atoms with van der Waals surface area (Å²) in [6.07, 6.45) is 2.18. The van der Waals surface area contributed by atoms with Crippen molar-refractivity contribution in [2.24, 2.45) is 0 Å².